The van der Waals surface area contributed by atoms with Gasteiger partial charge in [0.25, 0.3) is 0 Å². The van der Waals surface area contributed by atoms with Crippen LogP contribution in [0.3, 0.4) is 0 Å². The van der Waals surface area contributed by atoms with Gasteiger partial charge in [0, 0.05) is 0 Å². The lowest BCUT2D eigenvalue weighted by molar-refractivity contribution is -0.156. The van der Waals surface area contributed by atoms with E-state index in [1.54, 1.807) is 20.8 Å². The third kappa shape index (κ3) is 3.64. The number of ether oxygens (including phenoxy) is 1. The first-order valence-corrected chi connectivity index (χ1v) is 4.80. The molecule has 1 aliphatic carbocycles. The van der Waals surface area contributed by atoms with Crippen molar-refractivity contribution in [3.05, 3.63) is 0 Å². The highest BCUT2D eigenvalue weighted by atomic mass is 19.2. The summed E-state index contributed by atoms with van der Waals surface area (Å²) in [5.41, 5.74) is -0.519. The van der Waals surface area contributed by atoms with Crippen molar-refractivity contribution in [2.75, 3.05) is 0 Å². The van der Waals surface area contributed by atoms with Crippen molar-refractivity contribution >= 4 is 13.2 Å². The van der Waals surface area contributed by atoms with Crippen LogP contribution < -0.4 is 0 Å². The highest BCUT2D eigenvalue weighted by Gasteiger charge is 2.47. The maximum atomic E-state index is 11.9. The Balaban J connectivity index is 2.29. The Morgan fingerprint density at radius 3 is 2.50 bits per heavy atom. The molecule has 5 heteroatoms. The fourth-order valence-corrected chi connectivity index (χ4v) is 1.40. The summed E-state index contributed by atoms with van der Waals surface area (Å²) in [6.45, 7) is 5.32. The van der Waals surface area contributed by atoms with Gasteiger partial charge in [0.2, 0.25) is 0 Å². The molecule has 0 aromatic carbocycles. The van der Waals surface area contributed by atoms with Crippen LogP contribution in [0.25, 0.3) is 0 Å². The van der Waals surface area contributed by atoms with E-state index < -0.39 is 12.9 Å². The first-order valence-electron chi connectivity index (χ1n) is 4.80. The van der Waals surface area contributed by atoms with Crippen LogP contribution in [0.2, 0.25) is 6.32 Å². The van der Waals surface area contributed by atoms with Gasteiger partial charge in [-0.05, 0) is 39.4 Å². The molecule has 0 heterocycles. The van der Waals surface area contributed by atoms with E-state index in [9.17, 15) is 13.4 Å². The van der Waals surface area contributed by atoms with Gasteiger partial charge in [-0.3, -0.25) is 13.4 Å². The second-order valence-electron chi connectivity index (χ2n) is 4.76. The number of carbonyl (C=O) groups is 1. The molecule has 0 aromatic heterocycles. The molecular formula is C9H15BF2O2. The average Bonchev–Trinajstić information content (AvgIpc) is 2.61. The van der Waals surface area contributed by atoms with Crippen LogP contribution in [0.1, 0.15) is 27.2 Å². The zero-order chi connectivity index (χ0) is 10.9. The summed E-state index contributed by atoms with van der Waals surface area (Å²) in [5.74, 6) is -0.781. The SMILES string of the molecule is CC(C)(C)OC(=O)[C@@H]1C[C@@H]1CB(F)F. The second-order valence-corrected chi connectivity index (χ2v) is 4.76. The molecular weight excluding hydrogens is 189 g/mol. The summed E-state index contributed by atoms with van der Waals surface area (Å²) in [6, 6.07) is 0. The van der Waals surface area contributed by atoms with Gasteiger partial charge in [0.15, 0.2) is 0 Å². The molecule has 0 spiro atoms. The Hall–Kier alpha value is -0.605. The molecule has 80 valence electrons. The van der Waals surface area contributed by atoms with Crippen molar-refractivity contribution < 1.29 is 18.2 Å². The second kappa shape index (κ2) is 3.87. The molecule has 1 saturated carbocycles. The van der Waals surface area contributed by atoms with E-state index in [1.807, 2.05) is 0 Å². The normalized spacial score (nSPS) is 25.8. The number of carbonyl (C=O) groups excluding carboxylic acids is 1. The molecule has 0 N–H and O–H groups in total. The van der Waals surface area contributed by atoms with Crippen LogP contribution in [0, 0.1) is 11.8 Å². The van der Waals surface area contributed by atoms with Crippen LogP contribution in [0.4, 0.5) is 8.63 Å². The zero-order valence-corrected chi connectivity index (χ0v) is 8.72. The predicted molar refractivity (Wildman–Crippen MR) is 50.2 cm³/mol. The Morgan fingerprint density at radius 1 is 1.50 bits per heavy atom. The number of esters is 1. The molecule has 0 saturated heterocycles. The van der Waals surface area contributed by atoms with Crippen LogP contribution in [-0.4, -0.2) is 18.8 Å². The standard InChI is InChI=1S/C9H15BF2O2/c1-9(2,3)14-8(13)7-4-6(7)5-10(11)12/h6-7H,4-5H2,1-3H3/t6-,7-/m1/s1. The number of hydrogen-bond donors (Lipinski definition) is 0. The van der Waals surface area contributed by atoms with E-state index in [4.69, 9.17) is 4.74 Å². The quantitative estimate of drug-likeness (QED) is 0.521. The molecule has 0 radical (unpaired) electrons. The van der Waals surface area contributed by atoms with Crippen LogP contribution in [0.15, 0.2) is 0 Å². The van der Waals surface area contributed by atoms with Crippen LogP contribution in [0.5, 0.6) is 0 Å². The van der Waals surface area contributed by atoms with E-state index in [0.29, 0.717) is 6.42 Å². The minimum atomic E-state index is -2.31. The fourth-order valence-electron chi connectivity index (χ4n) is 1.40. The third-order valence-corrected chi connectivity index (χ3v) is 2.11. The monoisotopic (exact) mass is 204 g/mol. The lowest BCUT2D eigenvalue weighted by Crippen LogP contribution is -2.25. The first kappa shape index (κ1) is 11.5. The average molecular weight is 204 g/mol. The van der Waals surface area contributed by atoms with E-state index in [2.05, 4.69) is 0 Å². The molecule has 1 aliphatic rings. The summed E-state index contributed by atoms with van der Waals surface area (Å²) in [6.07, 6.45) is 0.378. The summed E-state index contributed by atoms with van der Waals surface area (Å²) in [5, 5.41) is 0. The maximum absolute atomic E-state index is 11.9. The van der Waals surface area contributed by atoms with E-state index in [1.165, 1.54) is 0 Å². The van der Waals surface area contributed by atoms with Crippen LogP contribution in [-0.2, 0) is 9.53 Å². The highest BCUT2D eigenvalue weighted by Crippen LogP contribution is 2.44. The van der Waals surface area contributed by atoms with Crippen molar-refractivity contribution in [2.45, 2.75) is 39.1 Å². The molecule has 14 heavy (non-hydrogen) atoms. The molecule has 0 bridgehead atoms. The molecule has 0 unspecified atom stereocenters. The van der Waals surface area contributed by atoms with Gasteiger partial charge >= 0.3 is 13.2 Å². The number of halogens is 2. The highest BCUT2D eigenvalue weighted by molar-refractivity contribution is 6.42. The Morgan fingerprint density at radius 2 is 2.07 bits per heavy atom. The molecule has 2 atom stereocenters. The van der Waals surface area contributed by atoms with Crippen molar-refractivity contribution in [3.63, 3.8) is 0 Å². The summed E-state index contributed by atoms with van der Waals surface area (Å²) in [4.78, 5) is 11.3. The Kier molecular flexibility index (Phi) is 3.17. The molecule has 0 aromatic rings. The van der Waals surface area contributed by atoms with Crippen LogP contribution >= 0.6 is 0 Å². The Bertz CT molecular complexity index is 225. The molecule has 1 fully saturated rings. The van der Waals surface area contributed by atoms with Crippen molar-refractivity contribution in [2.24, 2.45) is 11.8 Å². The topological polar surface area (TPSA) is 26.3 Å². The fraction of sp³-hybridized carbons (Fsp3) is 0.889. The van der Waals surface area contributed by atoms with E-state index >= 15 is 0 Å². The van der Waals surface area contributed by atoms with Crippen molar-refractivity contribution in [3.8, 4) is 0 Å². The predicted octanol–water partition coefficient (Wildman–Crippen LogP) is 2.39. The van der Waals surface area contributed by atoms with Gasteiger partial charge in [-0.25, -0.2) is 0 Å². The van der Waals surface area contributed by atoms with Gasteiger partial charge < -0.3 is 4.74 Å². The van der Waals surface area contributed by atoms with E-state index in [-0.39, 0.29) is 24.1 Å². The molecule has 0 aliphatic heterocycles. The number of hydrogen-bond acceptors (Lipinski definition) is 2. The summed E-state index contributed by atoms with van der Waals surface area (Å²) >= 11 is 0. The molecule has 2 nitrogen and oxygen atoms in total. The first-order chi connectivity index (χ1) is 6.29. The largest absolute Gasteiger partial charge is 0.538 e. The smallest absolute Gasteiger partial charge is 0.460 e. The maximum Gasteiger partial charge on any atom is 0.538 e. The van der Waals surface area contributed by atoms with Crippen molar-refractivity contribution in [1.29, 1.82) is 0 Å². The Labute approximate surface area is 83.2 Å². The third-order valence-electron chi connectivity index (χ3n) is 2.11. The minimum Gasteiger partial charge on any atom is -0.460 e. The lowest BCUT2D eigenvalue weighted by atomic mass is 9.89. The minimum absolute atomic E-state index is 0.162. The van der Waals surface area contributed by atoms with Gasteiger partial charge in [-0.2, -0.15) is 0 Å². The summed E-state index contributed by atoms with van der Waals surface area (Å²) < 4.78 is 29.0. The molecule has 1 rings (SSSR count). The van der Waals surface area contributed by atoms with Gasteiger partial charge in [0.1, 0.15) is 5.60 Å². The van der Waals surface area contributed by atoms with Crippen molar-refractivity contribution in [1.82, 2.24) is 0 Å². The zero-order valence-electron chi connectivity index (χ0n) is 8.72. The van der Waals surface area contributed by atoms with Gasteiger partial charge in [0.05, 0.1) is 5.92 Å². The van der Waals surface area contributed by atoms with Gasteiger partial charge in [-0.15, -0.1) is 0 Å². The lowest BCUT2D eigenvalue weighted by Gasteiger charge is -2.19. The number of rotatable bonds is 3. The van der Waals surface area contributed by atoms with E-state index in [0.717, 1.165) is 0 Å². The molecule has 0 amide bonds. The van der Waals surface area contributed by atoms with Gasteiger partial charge in [-0.1, -0.05) is 0 Å². The summed E-state index contributed by atoms with van der Waals surface area (Å²) in [7, 11) is -2.31.